The summed E-state index contributed by atoms with van der Waals surface area (Å²) in [6.07, 6.45) is 4.42. The lowest BCUT2D eigenvalue weighted by Crippen LogP contribution is -2.41. The average molecular weight is 678 g/mol. The number of carbonyl (C=O) groups excluding carboxylic acids is 2. The van der Waals surface area contributed by atoms with E-state index in [1.807, 2.05) is 53.4 Å². The van der Waals surface area contributed by atoms with Gasteiger partial charge in [-0.1, -0.05) is 54.9 Å². The Bertz CT molecular complexity index is 1410. The van der Waals surface area contributed by atoms with Crippen LogP contribution in [-0.4, -0.2) is 75.6 Å². The molecular formula is C31H38Cl2N6O7. The topological polar surface area (TPSA) is 151 Å². The summed E-state index contributed by atoms with van der Waals surface area (Å²) in [6, 6.07) is 15.1. The van der Waals surface area contributed by atoms with Crippen LogP contribution in [0.4, 0.5) is 0 Å². The summed E-state index contributed by atoms with van der Waals surface area (Å²) in [6.45, 7) is 4.35. The minimum Gasteiger partial charge on any atom is -0.365 e. The van der Waals surface area contributed by atoms with Crippen molar-refractivity contribution in [1.29, 1.82) is 0 Å². The summed E-state index contributed by atoms with van der Waals surface area (Å²) < 4.78 is 5.78. The molecule has 248 valence electrons. The molecule has 2 aromatic rings. The number of carbonyl (C=O) groups is 2. The van der Waals surface area contributed by atoms with E-state index >= 15 is 0 Å². The Morgan fingerprint density at radius 1 is 0.848 bits per heavy atom. The molecule has 6 rings (SSSR count). The third-order valence-corrected chi connectivity index (χ3v) is 7.99. The molecule has 0 unspecified atom stereocenters. The van der Waals surface area contributed by atoms with Crippen LogP contribution >= 0.6 is 23.2 Å². The summed E-state index contributed by atoms with van der Waals surface area (Å²) >= 11 is 11.7. The zero-order chi connectivity index (χ0) is 32.3. The highest BCUT2D eigenvalue weighted by Gasteiger charge is 2.50. The van der Waals surface area contributed by atoms with E-state index in [9.17, 15) is 29.8 Å². The van der Waals surface area contributed by atoms with Crippen LogP contribution in [0.25, 0.3) is 0 Å². The number of nitrogens with one attached hydrogen (secondary N) is 1. The van der Waals surface area contributed by atoms with Gasteiger partial charge in [-0.15, -0.1) is 0 Å². The molecule has 13 nitrogen and oxygen atoms in total. The van der Waals surface area contributed by atoms with Gasteiger partial charge < -0.3 is 34.3 Å². The zero-order valence-electron chi connectivity index (χ0n) is 24.4. The van der Waals surface area contributed by atoms with Crippen LogP contribution in [0.1, 0.15) is 44.2 Å². The molecule has 2 bridgehead atoms. The van der Waals surface area contributed by atoms with E-state index in [1.54, 1.807) is 0 Å². The standard InChI is InChI=1S/C15H16ClN3O3.C11H12ClN3O2.C4H6O2.CH4/c16-11-3-1-10(2-4-11)9-17-7-8-18-13-6-5-12(22-13)14(15(17)18)19(20)21;12-10-3-1-9(2-4-10)7-14-6-5-13-11(14)8-15(16)17;5-3-1-2-4-6;/h1-4,12-13H,5-9H2;1-4,8,13H,5-7H2;3-4H,1-2H2;1H4/b;11-8+;;/t12-,13+;;;/m1.../s1. The van der Waals surface area contributed by atoms with Crippen LogP contribution in [0, 0.1) is 20.2 Å². The average Bonchev–Trinajstić information content (AvgIpc) is 3.75. The maximum absolute atomic E-state index is 11.5. The number of hydrogen-bond acceptors (Lipinski definition) is 11. The molecule has 46 heavy (non-hydrogen) atoms. The molecule has 0 saturated carbocycles. The van der Waals surface area contributed by atoms with Crippen molar-refractivity contribution >= 4 is 35.8 Å². The van der Waals surface area contributed by atoms with Crippen LogP contribution < -0.4 is 5.32 Å². The fourth-order valence-electron chi connectivity index (χ4n) is 5.46. The quantitative estimate of drug-likeness (QED) is 0.164. The summed E-state index contributed by atoms with van der Waals surface area (Å²) in [5, 5.41) is 26.3. The van der Waals surface area contributed by atoms with E-state index in [1.165, 1.54) is 0 Å². The molecule has 0 spiro atoms. The second kappa shape index (κ2) is 17.5. The Morgan fingerprint density at radius 2 is 1.41 bits per heavy atom. The molecule has 4 heterocycles. The number of fused-ring (bicyclic) bond motifs is 4. The smallest absolute Gasteiger partial charge is 0.314 e. The monoisotopic (exact) mass is 676 g/mol. The number of halogens is 2. The van der Waals surface area contributed by atoms with Gasteiger partial charge in [0.25, 0.3) is 6.20 Å². The number of rotatable bonds is 9. The maximum atomic E-state index is 11.5. The molecule has 4 aliphatic rings. The van der Waals surface area contributed by atoms with Gasteiger partial charge in [0.15, 0.2) is 17.7 Å². The molecular weight excluding hydrogens is 639 g/mol. The lowest BCUT2D eigenvalue weighted by Gasteiger charge is -2.32. The van der Waals surface area contributed by atoms with Crippen LogP contribution in [-0.2, 0) is 27.4 Å². The van der Waals surface area contributed by atoms with Crippen molar-refractivity contribution in [1.82, 2.24) is 20.0 Å². The van der Waals surface area contributed by atoms with Crippen LogP contribution in [0.3, 0.4) is 0 Å². The van der Waals surface area contributed by atoms with Crippen molar-refractivity contribution in [3.8, 4) is 0 Å². The van der Waals surface area contributed by atoms with Gasteiger partial charge in [0.1, 0.15) is 18.8 Å². The fourth-order valence-corrected chi connectivity index (χ4v) is 5.71. The molecule has 3 saturated heterocycles. The number of hydrogen-bond donors (Lipinski definition) is 1. The van der Waals surface area contributed by atoms with Gasteiger partial charge in [-0.25, -0.2) is 0 Å². The van der Waals surface area contributed by atoms with E-state index in [4.69, 9.17) is 27.9 Å². The van der Waals surface area contributed by atoms with Crippen molar-refractivity contribution in [3.05, 3.63) is 113 Å². The maximum Gasteiger partial charge on any atom is 0.314 e. The normalized spacial score (nSPS) is 20.0. The highest BCUT2D eigenvalue weighted by Crippen LogP contribution is 2.41. The SMILES string of the molecule is C.O=CCCC=O.O=[N+]([O-])/C=C1\NCCN1Cc1ccc(Cl)cc1.O=[N+]([O-])C1=C2N(Cc3ccc(Cl)cc3)CCN2[C@@H]2CC[C@H]1O2. The first-order valence-corrected chi connectivity index (χ1v) is 15.2. The largest absolute Gasteiger partial charge is 0.365 e. The first-order valence-electron chi connectivity index (χ1n) is 14.5. The minimum atomic E-state index is -0.442. The predicted molar refractivity (Wildman–Crippen MR) is 174 cm³/mol. The van der Waals surface area contributed by atoms with Crippen LogP contribution in [0.15, 0.2) is 72.1 Å². The number of aldehydes is 2. The number of nitrogens with zero attached hydrogens (tertiary/aromatic N) is 5. The fraction of sp³-hybridized carbons (Fsp3) is 0.419. The molecule has 3 fully saturated rings. The molecule has 4 aliphatic heterocycles. The van der Waals surface area contributed by atoms with E-state index < -0.39 is 4.92 Å². The van der Waals surface area contributed by atoms with Crippen molar-refractivity contribution in [2.45, 2.75) is 58.5 Å². The van der Waals surface area contributed by atoms with Crippen molar-refractivity contribution < 1.29 is 24.2 Å². The van der Waals surface area contributed by atoms with E-state index in [0.717, 1.165) is 74.7 Å². The first-order chi connectivity index (χ1) is 21.7. The second-order valence-corrected chi connectivity index (χ2v) is 11.4. The second-order valence-electron chi connectivity index (χ2n) is 10.5. The van der Waals surface area contributed by atoms with Crippen molar-refractivity contribution in [3.63, 3.8) is 0 Å². The Balaban J connectivity index is 0.000000214. The predicted octanol–water partition coefficient (Wildman–Crippen LogP) is 5.04. The summed E-state index contributed by atoms with van der Waals surface area (Å²) in [5.74, 6) is 1.31. The number of nitro groups is 2. The molecule has 2 atom stereocenters. The summed E-state index contributed by atoms with van der Waals surface area (Å²) in [4.78, 5) is 46.1. The molecule has 0 radical (unpaired) electrons. The summed E-state index contributed by atoms with van der Waals surface area (Å²) in [7, 11) is 0. The molecule has 1 N–H and O–H groups in total. The van der Waals surface area contributed by atoms with E-state index in [0.29, 0.717) is 41.8 Å². The van der Waals surface area contributed by atoms with Crippen LogP contribution in [0.2, 0.25) is 10.0 Å². The molecule has 2 aromatic carbocycles. The number of benzene rings is 2. The van der Waals surface area contributed by atoms with Crippen molar-refractivity contribution in [2.75, 3.05) is 26.2 Å². The van der Waals surface area contributed by atoms with E-state index in [-0.39, 0.29) is 30.4 Å². The highest BCUT2D eigenvalue weighted by molar-refractivity contribution is 6.30. The van der Waals surface area contributed by atoms with Gasteiger partial charge in [-0.05, 0) is 48.2 Å². The molecule has 0 aromatic heterocycles. The highest BCUT2D eigenvalue weighted by atomic mass is 35.5. The molecule has 15 heteroatoms. The molecule has 0 aliphatic carbocycles. The number of unbranched alkanes of at least 4 members (excludes halogenated alkanes) is 1. The number of ether oxygens (including phenoxy) is 1. The van der Waals surface area contributed by atoms with Gasteiger partial charge in [-0.2, -0.15) is 0 Å². The van der Waals surface area contributed by atoms with Gasteiger partial charge in [0.05, 0.1) is 9.85 Å². The third-order valence-electron chi connectivity index (χ3n) is 7.49. The van der Waals surface area contributed by atoms with E-state index in [2.05, 4.69) is 15.1 Å². The van der Waals surface area contributed by atoms with Gasteiger partial charge in [0.2, 0.25) is 0 Å². The minimum absolute atomic E-state index is 0. The lowest BCUT2D eigenvalue weighted by molar-refractivity contribution is -0.443. The van der Waals surface area contributed by atoms with Gasteiger partial charge >= 0.3 is 5.70 Å². The van der Waals surface area contributed by atoms with Gasteiger partial charge in [0, 0.05) is 62.2 Å². The Morgan fingerprint density at radius 3 is 1.93 bits per heavy atom. The van der Waals surface area contributed by atoms with Gasteiger partial charge in [-0.3, -0.25) is 20.2 Å². The third kappa shape index (κ3) is 9.65. The Kier molecular flexibility index (Phi) is 13.8. The summed E-state index contributed by atoms with van der Waals surface area (Å²) in [5.41, 5.74) is 2.40. The lowest BCUT2D eigenvalue weighted by atomic mass is 10.2. The Hall–Kier alpha value is -4.20. The Labute approximate surface area is 277 Å². The molecule has 0 amide bonds. The first kappa shape index (κ1) is 36.3. The van der Waals surface area contributed by atoms with Crippen LogP contribution in [0.5, 0.6) is 0 Å². The zero-order valence-corrected chi connectivity index (χ0v) is 25.9. The van der Waals surface area contributed by atoms with Crippen molar-refractivity contribution in [2.24, 2.45) is 0 Å².